The summed E-state index contributed by atoms with van der Waals surface area (Å²) in [5.74, 6) is -0.731. The number of benzene rings is 1. The minimum atomic E-state index is -0.807. The molecule has 2 nitrogen and oxygen atoms in total. The van der Waals surface area contributed by atoms with Crippen LogP contribution in [0.1, 0.15) is 30.7 Å². The first-order valence-corrected chi connectivity index (χ1v) is 6.42. The van der Waals surface area contributed by atoms with E-state index in [4.69, 9.17) is 4.42 Å². The van der Waals surface area contributed by atoms with Gasteiger partial charge in [0.2, 0.25) is 0 Å². The van der Waals surface area contributed by atoms with Crippen LogP contribution in [0.15, 0.2) is 41.0 Å². The molecular formula is C15H17F2NO. The lowest BCUT2D eigenvalue weighted by molar-refractivity contribution is 0.432. The Morgan fingerprint density at radius 3 is 2.74 bits per heavy atom. The molecule has 0 amide bonds. The van der Waals surface area contributed by atoms with Crippen molar-refractivity contribution >= 4 is 0 Å². The number of aryl methyl sites for hydroxylation is 1. The van der Waals surface area contributed by atoms with Crippen LogP contribution < -0.4 is 5.32 Å². The van der Waals surface area contributed by atoms with E-state index in [1.807, 2.05) is 19.1 Å². The van der Waals surface area contributed by atoms with Crippen molar-refractivity contribution < 1.29 is 13.2 Å². The van der Waals surface area contributed by atoms with E-state index in [-0.39, 0.29) is 6.04 Å². The molecular weight excluding hydrogens is 248 g/mol. The molecule has 0 spiro atoms. The quantitative estimate of drug-likeness (QED) is 0.858. The molecule has 0 fully saturated rings. The van der Waals surface area contributed by atoms with Crippen LogP contribution in [0.5, 0.6) is 0 Å². The van der Waals surface area contributed by atoms with Crippen LogP contribution >= 0.6 is 0 Å². The molecule has 1 aromatic heterocycles. The Hall–Kier alpha value is -1.68. The largest absolute Gasteiger partial charge is 0.469 e. The minimum absolute atomic E-state index is 0.217. The van der Waals surface area contributed by atoms with Crippen molar-refractivity contribution in [1.29, 1.82) is 0 Å². The molecule has 0 saturated heterocycles. The van der Waals surface area contributed by atoms with Gasteiger partial charge in [0, 0.05) is 18.0 Å². The van der Waals surface area contributed by atoms with Crippen molar-refractivity contribution in [3.8, 4) is 0 Å². The maximum absolute atomic E-state index is 13.8. The number of halogens is 2. The van der Waals surface area contributed by atoms with Crippen molar-refractivity contribution in [2.45, 2.75) is 25.8 Å². The molecule has 1 aromatic carbocycles. The zero-order chi connectivity index (χ0) is 13.7. The molecule has 0 radical (unpaired) electrons. The van der Waals surface area contributed by atoms with E-state index in [9.17, 15) is 8.78 Å². The van der Waals surface area contributed by atoms with Crippen LogP contribution in [0.25, 0.3) is 0 Å². The van der Waals surface area contributed by atoms with Gasteiger partial charge in [0.05, 0.1) is 6.26 Å². The van der Waals surface area contributed by atoms with Crippen LogP contribution in [0.4, 0.5) is 8.78 Å². The van der Waals surface area contributed by atoms with E-state index in [1.54, 1.807) is 12.3 Å². The van der Waals surface area contributed by atoms with Crippen molar-refractivity contribution in [3.63, 3.8) is 0 Å². The molecule has 0 aliphatic heterocycles. The van der Waals surface area contributed by atoms with Crippen LogP contribution in [-0.4, -0.2) is 6.54 Å². The Morgan fingerprint density at radius 1 is 1.21 bits per heavy atom. The first-order valence-electron chi connectivity index (χ1n) is 6.42. The Bertz CT molecular complexity index is 511. The van der Waals surface area contributed by atoms with Gasteiger partial charge in [-0.2, -0.15) is 0 Å². The van der Waals surface area contributed by atoms with Gasteiger partial charge in [-0.1, -0.05) is 19.1 Å². The fourth-order valence-electron chi connectivity index (χ4n) is 2.14. The van der Waals surface area contributed by atoms with E-state index < -0.39 is 11.6 Å². The Balaban J connectivity index is 2.12. The topological polar surface area (TPSA) is 25.2 Å². The van der Waals surface area contributed by atoms with Gasteiger partial charge in [-0.3, -0.25) is 0 Å². The number of rotatable bonds is 6. The molecule has 2 rings (SSSR count). The maximum atomic E-state index is 13.8. The van der Waals surface area contributed by atoms with Crippen molar-refractivity contribution in [3.05, 3.63) is 59.6 Å². The maximum Gasteiger partial charge on any atom is 0.163 e. The monoisotopic (exact) mass is 265 g/mol. The highest BCUT2D eigenvalue weighted by Gasteiger charge is 2.17. The Kier molecular flexibility index (Phi) is 4.68. The summed E-state index contributed by atoms with van der Waals surface area (Å²) in [5.41, 5.74) is 0.369. The third-order valence-corrected chi connectivity index (χ3v) is 3.07. The van der Waals surface area contributed by atoms with Gasteiger partial charge in [0.25, 0.3) is 0 Å². The van der Waals surface area contributed by atoms with E-state index in [1.165, 1.54) is 6.07 Å². The molecule has 1 N–H and O–H groups in total. The van der Waals surface area contributed by atoms with E-state index in [0.717, 1.165) is 11.8 Å². The summed E-state index contributed by atoms with van der Waals surface area (Å²) in [6.45, 7) is 2.63. The lowest BCUT2D eigenvalue weighted by Crippen LogP contribution is -2.22. The van der Waals surface area contributed by atoms with Crippen molar-refractivity contribution in [2.24, 2.45) is 0 Å². The summed E-state index contributed by atoms with van der Waals surface area (Å²) in [7, 11) is 0. The second kappa shape index (κ2) is 6.48. The summed E-state index contributed by atoms with van der Waals surface area (Å²) in [6.07, 6.45) is 2.95. The molecule has 102 valence electrons. The molecule has 4 heteroatoms. The third kappa shape index (κ3) is 3.41. The fraction of sp³-hybridized carbons (Fsp3) is 0.333. The lowest BCUT2D eigenvalue weighted by Gasteiger charge is -2.18. The normalized spacial score (nSPS) is 12.6. The molecule has 0 saturated carbocycles. The number of nitrogens with one attached hydrogen (secondary N) is 1. The van der Waals surface area contributed by atoms with Crippen LogP contribution in [0.3, 0.4) is 0 Å². The average molecular weight is 265 g/mol. The van der Waals surface area contributed by atoms with Crippen molar-refractivity contribution in [1.82, 2.24) is 5.32 Å². The third-order valence-electron chi connectivity index (χ3n) is 3.07. The second-order valence-corrected chi connectivity index (χ2v) is 4.37. The van der Waals surface area contributed by atoms with Gasteiger partial charge in [-0.25, -0.2) is 8.78 Å². The summed E-state index contributed by atoms with van der Waals surface area (Å²) in [6, 6.07) is 7.77. The average Bonchev–Trinajstić information content (AvgIpc) is 2.91. The van der Waals surface area contributed by atoms with Gasteiger partial charge < -0.3 is 9.73 Å². The molecule has 0 aliphatic rings. The van der Waals surface area contributed by atoms with Crippen LogP contribution in [-0.2, 0) is 6.42 Å². The van der Waals surface area contributed by atoms with Gasteiger partial charge in [-0.15, -0.1) is 0 Å². The van der Waals surface area contributed by atoms with Gasteiger partial charge in [0.15, 0.2) is 11.6 Å². The van der Waals surface area contributed by atoms with E-state index in [0.29, 0.717) is 24.9 Å². The predicted molar refractivity (Wildman–Crippen MR) is 69.8 cm³/mol. The van der Waals surface area contributed by atoms with Gasteiger partial charge >= 0.3 is 0 Å². The zero-order valence-corrected chi connectivity index (χ0v) is 10.8. The zero-order valence-electron chi connectivity index (χ0n) is 10.8. The summed E-state index contributed by atoms with van der Waals surface area (Å²) in [5, 5.41) is 3.18. The SMILES string of the molecule is CCNC(CCc1ccco1)c1cccc(F)c1F. The van der Waals surface area contributed by atoms with E-state index in [2.05, 4.69) is 5.32 Å². The Morgan fingerprint density at radius 2 is 2.05 bits per heavy atom. The summed E-state index contributed by atoms with van der Waals surface area (Å²) < 4.78 is 32.3. The smallest absolute Gasteiger partial charge is 0.163 e. The fourth-order valence-corrected chi connectivity index (χ4v) is 2.14. The van der Waals surface area contributed by atoms with Crippen LogP contribution in [0, 0.1) is 11.6 Å². The molecule has 0 aliphatic carbocycles. The molecule has 1 unspecified atom stereocenters. The highest BCUT2D eigenvalue weighted by Crippen LogP contribution is 2.23. The standard InChI is InChI=1S/C15H17F2NO/c1-2-18-14(9-8-11-5-4-10-19-11)12-6-3-7-13(16)15(12)17/h3-7,10,14,18H,2,8-9H2,1H3. The molecule has 2 aromatic rings. The summed E-state index contributed by atoms with van der Waals surface area (Å²) >= 11 is 0. The first kappa shape index (κ1) is 13.7. The molecule has 1 heterocycles. The highest BCUT2D eigenvalue weighted by molar-refractivity contribution is 5.22. The second-order valence-electron chi connectivity index (χ2n) is 4.37. The number of hydrogen-bond donors (Lipinski definition) is 1. The lowest BCUT2D eigenvalue weighted by atomic mass is 10.0. The number of hydrogen-bond acceptors (Lipinski definition) is 2. The van der Waals surface area contributed by atoms with Gasteiger partial charge in [0.1, 0.15) is 5.76 Å². The molecule has 1 atom stereocenters. The summed E-state index contributed by atoms with van der Waals surface area (Å²) in [4.78, 5) is 0. The predicted octanol–water partition coefficient (Wildman–Crippen LogP) is 3.84. The van der Waals surface area contributed by atoms with Crippen LogP contribution in [0.2, 0.25) is 0 Å². The number of furan rings is 1. The molecule has 0 bridgehead atoms. The van der Waals surface area contributed by atoms with Gasteiger partial charge in [-0.05, 0) is 31.2 Å². The van der Waals surface area contributed by atoms with E-state index >= 15 is 0 Å². The minimum Gasteiger partial charge on any atom is -0.469 e. The highest BCUT2D eigenvalue weighted by atomic mass is 19.2. The van der Waals surface area contributed by atoms with Crippen molar-refractivity contribution in [2.75, 3.05) is 6.54 Å². The first-order chi connectivity index (χ1) is 9.22. The molecule has 19 heavy (non-hydrogen) atoms. The Labute approximate surface area is 111 Å².